The topological polar surface area (TPSA) is 9.23 Å². The Morgan fingerprint density at radius 3 is 2.41 bits per heavy atom. The van der Waals surface area contributed by atoms with Crippen molar-refractivity contribution in [3.8, 4) is 5.75 Å². The molecule has 88 valence electrons. The van der Waals surface area contributed by atoms with E-state index in [1.807, 2.05) is 24.3 Å². The highest BCUT2D eigenvalue weighted by atomic mass is 35.5. The van der Waals surface area contributed by atoms with E-state index in [1.54, 1.807) is 7.11 Å². The lowest BCUT2D eigenvalue weighted by atomic mass is 10.0. The van der Waals surface area contributed by atoms with E-state index < -0.39 is 0 Å². The smallest absolute Gasteiger partial charge is 0.118 e. The molecule has 0 spiro atoms. The van der Waals surface area contributed by atoms with Gasteiger partial charge in [-0.05, 0) is 48.2 Å². The third-order valence-electron chi connectivity index (χ3n) is 2.93. The minimum atomic E-state index is 0.830. The van der Waals surface area contributed by atoms with Crippen molar-refractivity contribution >= 4 is 11.6 Å². The normalized spacial score (nSPS) is 10.3. The van der Waals surface area contributed by atoms with Gasteiger partial charge in [0.05, 0.1) is 7.11 Å². The summed E-state index contributed by atoms with van der Waals surface area (Å²) in [6.45, 7) is 2.06. The average molecular weight is 247 g/mol. The number of hydrogen-bond donors (Lipinski definition) is 0. The van der Waals surface area contributed by atoms with Gasteiger partial charge in [-0.3, -0.25) is 0 Å². The van der Waals surface area contributed by atoms with Crippen molar-refractivity contribution in [1.29, 1.82) is 0 Å². The summed E-state index contributed by atoms with van der Waals surface area (Å²) in [5.41, 5.74) is 3.68. The highest BCUT2D eigenvalue weighted by molar-refractivity contribution is 6.31. The van der Waals surface area contributed by atoms with Gasteiger partial charge < -0.3 is 4.74 Å². The number of halogens is 1. The van der Waals surface area contributed by atoms with Gasteiger partial charge in [-0.25, -0.2) is 0 Å². The maximum Gasteiger partial charge on any atom is 0.118 e. The lowest BCUT2D eigenvalue weighted by Gasteiger charge is -2.08. The molecule has 2 heteroatoms. The summed E-state index contributed by atoms with van der Waals surface area (Å²) in [6.07, 6.45) is 0.899. The monoisotopic (exact) mass is 246 g/mol. The molecule has 0 unspecified atom stereocenters. The standard InChI is InChI=1S/C15H15ClO/c1-11-13(4-3-5-15(11)16)10-12-6-8-14(17-2)9-7-12/h3-9H,10H2,1-2H3. The van der Waals surface area contributed by atoms with E-state index in [0.29, 0.717) is 0 Å². The molecule has 2 aromatic carbocycles. The average Bonchev–Trinajstić information content (AvgIpc) is 2.36. The summed E-state index contributed by atoms with van der Waals surface area (Å²) in [5.74, 6) is 0.886. The number of rotatable bonds is 3. The number of hydrogen-bond acceptors (Lipinski definition) is 1. The molecule has 0 fully saturated rings. The Balaban J connectivity index is 2.22. The van der Waals surface area contributed by atoms with Gasteiger partial charge in [0.2, 0.25) is 0 Å². The molecule has 0 radical (unpaired) electrons. The first-order valence-electron chi connectivity index (χ1n) is 5.57. The maximum atomic E-state index is 6.11. The highest BCUT2D eigenvalue weighted by Gasteiger charge is 2.03. The molecule has 17 heavy (non-hydrogen) atoms. The Labute approximate surface area is 107 Å². The molecule has 0 aromatic heterocycles. The van der Waals surface area contributed by atoms with Crippen LogP contribution >= 0.6 is 11.6 Å². The van der Waals surface area contributed by atoms with E-state index >= 15 is 0 Å². The molecule has 0 aliphatic heterocycles. The van der Waals surface area contributed by atoms with Gasteiger partial charge >= 0.3 is 0 Å². The zero-order chi connectivity index (χ0) is 12.3. The maximum absolute atomic E-state index is 6.11. The second-order valence-corrected chi connectivity index (χ2v) is 4.46. The fourth-order valence-electron chi connectivity index (χ4n) is 1.81. The fourth-order valence-corrected chi connectivity index (χ4v) is 2.00. The van der Waals surface area contributed by atoms with Crippen molar-refractivity contribution in [1.82, 2.24) is 0 Å². The van der Waals surface area contributed by atoms with Crippen LogP contribution in [0.4, 0.5) is 0 Å². The van der Waals surface area contributed by atoms with E-state index in [9.17, 15) is 0 Å². The van der Waals surface area contributed by atoms with Crippen LogP contribution in [0, 0.1) is 6.92 Å². The number of benzene rings is 2. The first kappa shape index (κ1) is 12.0. The summed E-state index contributed by atoms with van der Waals surface area (Å²) in [7, 11) is 1.68. The van der Waals surface area contributed by atoms with E-state index in [2.05, 4.69) is 25.1 Å². The third-order valence-corrected chi connectivity index (χ3v) is 3.34. The minimum Gasteiger partial charge on any atom is -0.497 e. The lowest BCUT2D eigenvalue weighted by molar-refractivity contribution is 0.414. The molecule has 0 atom stereocenters. The van der Waals surface area contributed by atoms with E-state index in [4.69, 9.17) is 16.3 Å². The molecule has 2 rings (SSSR count). The quantitative estimate of drug-likeness (QED) is 0.787. The highest BCUT2D eigenvalue weighted by Crippen LogP contribution is 2.22. The van der Waals surface area contributed by atoms with Crippen molar-refractivity contribution in [2.24, 2.45) is 0 Å². The Kier molecular flexibility index (Phi) is 3.70. The molecule has 1 nitrogen and oxygen atoms in total. The van der Waals surface area contributed by atoms with Crippen molar-refractivity contribution in [3.63, 3.8) is 0 Å². The minimum absolute atomic E-state index is 0.830. The van der Waals surface area contributed by atoms with Crippen LogP contribution in [0.3, 0.4) is 0 Å². The second kappa shape index (κ2) is 5.24. The summed E-state index contributed by atoms with van der Waals surface area (Å²) in [5, 5.41) is 0.830. The molecule has 0 aliphatic rings. The molecular weight excluding hydrogens is 232 g/mol. The van der Waals surface area contributed by atoms with Gasteiger partial charge in [-0.2, -0.15) is 0 Å². The molecule has 2 aromatic rings. The predicted molar refractivity (Wildman–Crippen MR) is 72.0 cm³/mol. The van der Waals surface area contributed by atoms with Gasteiger partial charge in [-0.15, -0.1) is 0 Å². The van der Waals surface area contributed by atoms with Crippen LogP contribution in [0.25, 0.3) is 0 Å². The van der Waals surface area contributed by atoms with E-state index in [-0.39, 0.29) is 0 Å². The van der Waals surface area contributed by atoms with Gasteiger partial charge in [0.25, 0.3) is 0 Å². The van der Waals surface area contributed by atoms with Crippen LogP contribution in [-0.4, -0.2) is 7.11 Å². The summed E-state index contributed by atoms with van der Waals surface area (Å²) >= 11 is 6.11. The molecule has 0 N–H and O–H groups in total. The molecule has 0 saturated carbocycles. The van der Waals surface area contributed by atoms with Gasteiger partial charge in [-0.1, -0.05) is 35.9 Å². The Morgan fingerprint density at radius 2 is 1.76 bits per heavy atom. The van der Waals surface area contributed by atoms with Crippen LogP contribution in [0.1, 0.15) is 16.7 Å². The summed E-state index contributed by atoms with van der Waals surface area (Å²) < 4.78 is 5.14. The van der Waals surface area contributed by atoms with E-state index in [0.717, 1.165) is 22.8 Å². The van der Waals surface area contributed by atoms with Gasteiger partial charge in [0.15, 0.2) is 0 Å². The molecule has 0 heterocycles. The van der Waals surface area contributed by atoms with Gasteiger partial charge in [0, 0.05) is 5.02 Å². The Bertz CT molecular complexity index is 503. The molecular formula is C15H15ClO. The Morgan fingerprint density at radius 1 is 1.06 bits per heavy atom. The predicted octanol–water partition coefficient (Wildman–Crippen LogP) is 4.25. The first-order valence-corrected chi connectivity index (χ1v) is 5.95. The van der Waals surface area contributed by atoms with Crippen LogP contribution < -0.4 is 4.74 Å². The van der Waals surface area contributed by atoms with Gasteiger partial charge in [0.1, 0.15) is 5.75 Å². The SMILES string of the molecule is COc1ccc(Cc2cccc(Cl)c2C)cc1. The summed E-state index contributed by atoms with van der Waals surface area (Å²) in [4.78, 5) is 0. The van der Waals surface area contributed by atoms with Crippen LogP contribution in [0.2, 0.25) is 5.02 Å². The Hall–Kier alpha value is -1.47. The lowest BCUT2D eigenvalue weighted by Crippen LogP contribution is -1.92. The van der Waals surface area contributed by atoms with Crippen molar-refractivity contribution < 1.29 is 4.74 Å². The zero-order valence-electron chi connectivity index (χ0n) is 10.0. The molecule has 0 bridgehead atoms. The van der Waals surface area contributed by atoms with Crippen LogP contribution in [0.15, 0.2) is 42.5 Å². The van der Waals surface area contributed by atoms with E-state index in [1.165, 1.54) is 11.1 Å². The van der Waals surface area contributed by atoms with Crippen molar-refractivity contribution in [2.75, 3.05) is 7.11 Å². The van der Waals surface area contributed by atoms with Crippen LogP contribution in [0.5, 0.6) is 5.75 Å². The number of ether oxygens (including phenoxy) is 1. The summed E-state index contributed by atoms with van der Waals surface area (Å²) in [6, 6.07) is 14.2. The zero-order valence-corrected chi connectivity index (χ0v) is 10.8. The number of methoxy groups -OCH3 is 1. The first-order chi connectivity index (χ1) is 8.20. The van der Waals surface area contributed by atoms with Crippen molar-refractivity contribution in [2.45, 2.75) is 13.3 Å². The fraction of sp³-hybridized carbons (Fsp3) is 0.200. The molecule has 0 aliphatic carbocycles. The second-order valence-electron chi connectivity index (χ2n) is 4.05. The van der Waals surface area contributed by atoms with Crippen molar-refractivity contribution in [3.05, 3.63) is 64.2 Å². The largest absolute Gasteiger partial charge is 0.497 e. The third kappa shape index (κ3) is 2.80. The molecule has 0 amide bonds. The van der Waals surface area contributed by atoms with Crippen LogP contribution in [-0.2, 0) is 6.42 Å². The molecule has 0 saturated heterocycles.